The zero-order chi connectivity index (χ0) is 24.2. The van der Waals surface area contributed by atoms with Crippen LogP contribution in [0.1, 0.15) is 23.7 Å². The first-order chi connectivity index (χ1) is 14.8. The van der Waals surface area contributed by atoms with Gasteiger partial charge < -0.3 is 16.0 Å². The molecule has 0 aliphatic heterocycles. The zero-order valence-electron chi connectivity index (χ0n) is 16.0. The van der Waals surface area contributed by atoms with Gasteiger partial charge in [-0.15, -0.1) is 23.2 Å². The fourth-order valence-electron chi connectivity index (χ4n) is 2.40. The van der Waals surface area contributed by atoms with Gasteiger partial charge in [-0.25, -0.2) is 8.78 Å². The Morgan fingerprint density at radius 1 is 1.03 bits per heavy atom. The molecule has 6 nitrogen and oxygen atoms in total. The van der Waals surface area contributed by atoms with E-state index in [1.165, 1.54) is 30.4 Å². The van der Waals surface area contributed by atoms with Crippen molar-refractivity contribution < 1.29 is 31.9 Å². The van der Waals surface area contributed by atoms with E-state index >= 15 is 0 Å². The summed E-state index contributed by atoms with van der Waals surface area (Å²) in [6.07, 6.45) is -3.77. The fraction of sp³-hybridized carbons (Fsp3) is 0.211. The van der Waals surface area contributed by atoms with Crippen molar-refractivity contribution in [2.45, 2.75) is 24.1 Å². The molecular formula is C19H14Cl3F4N3O3. The normalized spacial score (nSPS) is 11.3. The maximum Gasteiger partial charge on any atom is 0.315 e. The molecule has 2 aromatic carbocycles. The molecule has 0 fully saturated rings. The van der Waals surface area contributed by atoms with Crippen LogP contribution in [0, 0.1) is 11.6 Å². The minimum Gasteiger partial charge on any atom is -0.326 e. The Morgan fingerprint density at radius 3 is 2.28 bits per heavy atom. The highest BCUT2D eigenvalue weighted by molar-refractivity contribution is 6.49. The average Bonchev–Trinajstić information content (AvgIpc) is 2.65. The van der Waals surface area contributed by atoms with Crippen molar-refractivity contribution in [2.24, 2.45) is 0 Å². The number of anilines is 3. The van der Waals surface area contributed by atoms with E-state index in [4.69, 9.17) is 34.8 Å². The average molecular weight is 515 g/mol. The lowest BCUT2D eigenvalue weighted by Gasteiger charge is -2.15. The van der Waals surface area contributed by atoms with E-state index in [-0.39, 0.29) is 22.8 Å². The molecule has 0 radical (unpaired) electrons. The molecule has 2 rings (SSSR count). The minimum absolute atomic E-state index is 0.00428. The maximum absolute atomic E-state index is 14.5. The molecule has 0 heterocycles. The number of carbonyl (C=O) groups is 3. The smallest absolute Gasteiger partial charge is 0.315 e. The standard InChI is InChI=1S/C19H14Cl3F4N3O3/c1-19(21,22)7-13(30)27-8-2-4-10(20)12(6-8)28-17(31)9-3-5-11(23)15(14(9)24)29-18(32)16(25)26/h2-6,16H,7H2,1H3,(H,27,30)(H,28,31)(H,29,32). The lowest BCUT2D eigenvalue weighted by atomic mass is 10.1. The first-order valence-corrected chi connectivity index (χ1v) is 9.77. The SMILES string of the molecule is CC(Cl)(Cl)CC(=O)Nc1ccc(Cl)c(NC(=O)c2ccc(F)c(NC(=O)C(F)F)c2F)c1. The van der Waals surface area contributed by atoms with Crippen LogP contribution in [0.25, 0.3) is 0 Å². The summed E-state index contributed by atoms with van der Waals surface area (Å²) in [6.45, 7) is 1.42. The third-order valence-corrected chi connectivity index (χ3v) is 4.35. The number of amides is 3. The third-order valence-electron chi connectivity index (χ3n) is 3.75. The van der Waals surface area contributed by atoms with Gasteiger partial charge in [0, 0.05) is 5.69 Å². The predicted molar refractivity (Wildman–Crippen MR) is 114 cm³/mol. The molecule has 0 atom stereocenters. The second-order valence-electron chi connectivity index (χ2n) is 6.52. The molecule has 0 bridgehead atoms. The highest BCUT2D eigenvalue weighted by atomic mass is 35.5. The van der Waals surface area contributed by atoms with Crippen molar-refractivity contribution in [3.8, 4) is 0 Å². The van der Waals surface area contributed by atoms with E-state index in [0.29, 0.717) is 6.07 Å². The van der Waals surface area contributed by atoms with Gasteiger partial charge in [0.15, 0.2) is 5.82 Å². The Balaban J connectivity index is 2.26. The summed E-state index contributed by atoms with van der Waals surface area (Å²) >= 11 is 17.5. The molecule has 2 aromatic rings. The predicted octanol–water partition coefficient (Wildman–Crippen LogP) is 5.60. The van der Waals surface area contributed by atoms with Gasteiger partial charge in [-0.05, 0) is 37.3 Å². The topological polar surface area (TPSA) is 87.3 Å². The number of rotatable bonds is 7. The van der Waals surface area contributed by atoms with Crippen molar-refractivity contribution in [1.82, 2.24) is 0 Å². The van der Waals surface area contributed by atoms with Gasteiger partial charge >= 0.3 is 6.43 Å². The molecule has 0 aromatic heterocycles. The maximum atomic E-state index is 14.5. The van der Waals surface area contributed by atoms with Crippen LogP contribution < -0.4 is 16.0 Å². The summed E-state index contributed by atoms with van der Waals surface area (Å²) in [5.41, 5.74) is -1.84. The minimum atomic E-state index is -3.53. The molecule has 3 N–H and O–H groups in total. The van der Waals surface area contributed by atoms with Crippen LogP contribution in [0.3, 0.4) is 0 Å². The second kappa shape index (κ2) is 10.4. The molecular weight excluding hydrogens is 501 g/mol. The Morgan fingerprint density at radius 2 is 1.69 bits per heavy atom. The summed E-state index contributed by atoms with van der Waals surface area (Å²) in [7, 11) is 0. The third kappa shape index (κ3) is 6.98. The van der Waals surface area contributed by atoms with Gasteiger partial charge in [-0.3, -0.25) is 14.4 Å². The van der Waals surface area contributed by atoms with Crippen LogP contribution in [0.5, 0.6) is 0 Å². The number of carbonyl (C=O) groups excluding carboxylic acids is 3. The van der Waals surface area contributed by atoms with Gasteiger partial charge in [-0.2, -0.15) is 8.78 Å². The van der Waals surface area contributed by atoms with Crippen LogP contribution in [-0.4, -0.2) is 28.5 Å². The number of hydrogen-bond acceptors (Lipinski definition) is 3. The van der Waals surface area contributed by atoms with Crippen molar-refractivity contribution in [3.05, 3.63) is 52.6 Å². The van der Waals surface area contributed by atoms with Crippen molar-refractivity contribution >= 4 is 69.6 Å². The molecule has 0 unspecified atom stereocenters. The summed E-state index contributed by atoms with van der Waals surface area (Å²) in [5, 5.41) is 6.12. The fourth-order valence-corrected chi connectivity index (χ4v) is 2.80. The largest absolute Gasteiger partial charge is 0.326 e. The number of nitrogens with one attached hydrogen (secondary N) is 3. The number of halogens is 7. The Hall–Kier alpha value is -2.56. The van der Waals surface area contributed by atoms with Crippen LogP contribution in [-0.2, 0) is 9.59 Å². The Kier molecular flexibility index (Phi) is 8.33. The number of hydrogen-bond donors (Lipinski definition) is 3. The summed E-state index contributed by atoms with van der Waals surface area (Å²) < 4.78 is 51.8. The molecule has 0 aliphatic rings. The van der Waals surface area contributed by atoms with Gasteiger partial charge in [0.25, 0.3) is 11.8 Å². The second-order valence-corrected chi connectivity index (χ2v) is 8.79. The van der Waals surface area contributed by atoms with Crippen LogP contribution in [0.4, 0.5) is 34.6 Å². The van der Waals surface area contributed by atoms with E-state index in [0.717, 1.165) is 6.07 Å². The Labute approximate surface area is 194 Å². The number of benzene rings is 2. The van der Waals surface area contributed by atoms with E-state index in [2.05, 4.69) is 10.6 Å². The molecule has 172 valence electrons. The van der Waals surface area contributed by atoms with Crippen molar-refractivity contribution in [2.75, 3.05) is 16.0 Å². The van der Waals surface area contributed by atoms with E-state index < -0.39 is 51.4 Å². The van der Waals surface area contributed by atoms with Gasteiger partial charge in [-0.1, -0.05) is 11.6 Å². The summed E-state index contributed by atoms with van der Waals surface area (Å²) in [5.74, 6) is -6.55. The molecule has 3 amide bonds. The lowest BCUT2D eigenvalue weighted by Crippen LogP contribution is -2.23. The lowest BCUT2D eigenvalue weighted by molar-refractivity contribution is -0.126. The summed E-state index contributed by atoms with van der Waals surface area (Å²) in [4.78, 5) is 35.5. The highest BCUT2D eigenvalue weighted by Gasteiger charge is 2.24. The van der Waals surface area contributed by atoms with Crippen molar-refractivity contribution in [3.63, 3.8) is 0 Å². The molecule has 0 saturated heterocycles. The molecule has 0 saturated carbocycles. The molecule has 0 spiro atoms. The first-order valence-electron chi connectivity index (χ1n) is 8.64. The van der Waals surface area contributed by atoms with Crippen molar-refractivity contribution in [1.29, 1.82) is 0 Å². The Bertz CT molecular complexity index is 1060. The van der Waals surface area contributed by atoms with E-state index in [9.17, 15) is 31.9 Å². The van der Waals surface area contributed by atoms with E-state index in [1.54, 1.807) is 0 Å². The van der Waals surface area contributed by atoms with Gasteiger partial charge in [0.2, 0.25) is 5.91 Å². The van der Waals surface area contributed by atoms with Gasteiger partial charge in [0.05, 0.1) is 22.7 Å². The molecule has 13 heteroatoms. The van der Waals surface area contributed by atoms with Gasteiger partial charge in [0.1, 0.15) is 15.8 Å². The van der Waals surface area contributed by atoms with E-state index in [1.807, 2.05) is 0 Å². The van der Waals surface area contributed by atoms with Crippen LogP contribution in [0.15, 0.2) is 30.3 Å². The summed E-state index contributed by atoms with van der Waals surface area (Å²) in [6, 6.07) is 5.35. The first kappa shape index (κ1) is 25.7. The molecule has 0 aliphatic carbocycles. The molecule has 32 heavy (non-hydrogen) atoms. The quantitative estimate of drug-likeness (QED) is 0.332. The van der Waals surface area contributed by atoms with Crippen LogP contribution >= 0.6 is 34.8 Å². The highest BCUT2D eigenvalue weighted by Crippen LogP contribution is 2.29. The number of alkyl halides is 4. The van der Waals surface area contributed by atoms with Crippen LogP contribution in [0.2, 0.25) is 5.02 Å². The monoisotopic (exact) mass is 513 g/mol. The zero-order valence-corrected chi connectivity index (χ0v) is 18.3.